The van der Waals surface area contributed by atoms with Crippen LogP contribution in [0.15, 0.2) is 28.8 Å². The molecule has 5 heteroatoms. The standard InChI is InChI=1S/C17H24FN3O/c1-11(13-6-8-14(18)9-7-13)10-19-12(2)15-20-16(21-22-15)17(3,4)5/h6-9,11-12,19H,10H2,1-5H3. The van der Waals surface area contributed by atoms with Gasteiger partial charge in [-0.05, 0) is 30.5 Å². The minimum absolute atomic E-state index is 0.0218. The lowest BCUT2D eigenvalue weighted by molar-refractivity contribution is 0.329. The zero-order valence-electron chi connectivity index (χ0n) is 13.9. The van der Waals surface area contributed by atoms with Gasteiger partial charge in [0, 0.05) is 12.0 Å². The van der Waals surface area contributed by atoms with Crippen LogP contribution >= 0.6 is 0 Å². The monoisotopic (exact) mass is 305 g/mol. The Balaban J connectivity index is 1.93. The molecule has 0 saturated carbocycles. The molecule has 2 unspecified atom stereocenters. The molecule has 1 N–H and O–H groups in total. The van der Waals surface area contributed by atoms with Crippen molar-refractivity contribution in [1.29, 1.82) is 0 Å². The summed E-state index contributed by atoms with van der Waals surface area (Å²) in [5.41, 5.74) is 0.977. The Labute approximate surface area is 131 Å². The summed E-state index contributed by atoms with van der Waals surface area (Å²) in [6, 6.07) is 6.59. The van der Waals surface area contributed by atoms with Crippen molar-refractivity contribution in [2.45, 2.75) is 52.0 Å². The molecule has 22 heavy (non-hydrogen) atoms. The molecule has 0 fully saturated rings. The maximum absolute atomic E-state index is 12.9. The third kappa shape index (κ3) is 4.13. The summed E-state index contributed by atoms with van der Waals surface area (Å²) in [6.07, 6.45) is 0. The van der Waals surface area contributed by atoms with Gasteiger partial charge in [-0.2, -0.15) is 4.98 Å². The number of rotatable bonds is 5. The van der Waals surface area contributed by atoms with Crippen LogP contribution in [0.3, 0.4) is 0 Å². The van der Waals surface area contributed by atoms with Crippen molar-refractivity contribution in [3.8, 4) is 0 Å². The van der Waals surface area contributed by atoms with E-state index >= 15 is 0 Å². The fraction of sp³-hybridized carbons (Fsp3) is 0.529. The molecule has 1 aromatic carbocycles. The van der Waals surface area contributed by atoms with Gasteiger partial charge in [-0.1, -0.05) is 45.0 Å². The fourth-order valence-electron chi connectivity index (χ4n) is 2.07. The smallest absolute Gasteiger partial charge is 0.243 e. The highest BCUT2D eigenvalue weighted by atomic mass is 19.1. The lowest BCUT2D eigenvalue weighted by Gasteiger charge is -2.16. The molecule has 2 rings (SSSR count). The number of benzene rings is 1. The largest absolute Gasteiger partial charge is 0.338 e. The van der Waals surface area contributed by atoms with Crippen LogP contribution in [-0.2, 0) is 5.41 Å². The van der Waals surface area contributed by atoms with Gasteiger partial charge in [-0.25, -0.2) is 4.39 Å². The topological polar surface area (TPSA) is 51.0 Å². The summed E-state index contributed by atoms with van der Waals surface area (Å²) in [7, 11) is 0. The zero-order chi connectivity index (χ0) is 16.3. The second-order valence-corrected chi connectivity index (χ2v) is 6.79. The Kier molecular flexibility index (Phi) is 4.96. The minimum atomic E-state index is -0.210. The number of nitrogens with zero attached hydrogens (tertiary/aromatic N) is 2. The predicted octanol–water partition coefficient (Wildman–Crippen LogP) is 3.96. The van der Waals surface area contributed by atoms with Crippen LogP contribution in [0.5, 0.6) is 0 Å². The number of aromatic nitrogens is 2. The first-order valence-corrected chi connectivity index (χ1v) is 7.60. The molecule has 0 aliphatic heterocycles. The van der Waals surface area contributed by atoms with E-state index in [0.717, 1.165) is 12.1 Å². The highest BCUT2D eigenvalue weighted by molar-refractivity contribution is 5.20. The molecular formula is C17H24FN3O. The maximum Gasteiger partial charge on any atom is 0.243 e. The van der Waals surface area contributed by atoms with E-state index in [1.165, 1.54) is 12.1 Å². The van der Waals surface area contributed by atoms with Crippen LogP contribution in [0.4, 0.5) is 4.39 Å². The van der Waals surface area contributed by atoms with Gasteiger partial charge in [0.25, 0.3) is 0 Å². The molecule has 2 aromatic rings. The molecule has 120 valence electrons. The average molecular weight is 305 g/mol. The van der Waals surface area contributed by atoms with Gasteiger partial charge in [0.15, 0.2) is 5.82 Å². The molecule has 0 aliphatic rings. The number of hydrogen-bond donors (Lipinski definition) is 1. The van der Waals surface area contributed by atoms with E-state index in [1.54, 1.807) is 0 Å². The quantitative estimate of drug-likeness (QED) is 0.908. The molecular weight excluding hydrogens is 281 g/mol. The molecule has 0 saturated heterocycles. The third-order valence-corrected chi connectivity index (χ3v) is 3.65. The minimum Gasteiger partial charge on any atom is -0.338 e. The highest BCUT2D eigenvalue weighted by Crippen LogP contribution is 2.21. The van der Waals surface area contributed by atoms with Gasteiger partial charge < -0.3 is 9.84 Å². The van der Waals surface area contributed by atoms with Crippen molar-refractivity contribution >= 4 is 0 Å². The van der Waals surface area contributed by atoms with Crippen molar-refractivity contribution < 1.29 is 8.91 Å². The van der Waals surface area contributed by atoms with Gasteiger partial charge in [0.1, 0.15) is 5.82 Å². The van der Waals surface area contributed by atoms with E-state index in [4.69, 9.17) is 4.52 Å². The van der Waals surface area contributed by atoms with Crippen LogP contribution in [-0.4, -0.2) is 16.7 Å². The molecule has 0 spiro atoms. The van der Waals surface area contributed by atoms with Crippen molar-refractivity contribution in [2.24, 2.45) is 0 Å². The van der Waals surface area contributed by atoms with E-state index in [1.807, 2.05) is 19.1 Å². The molecule has 0 aliphatic carbocycles. The van der Waals surface area contributed by atoms with Crippen molar-refractivity contribution in [2.75, 3.05) is 6.54 Å². The number of nitrogens with one attached hydrogen (secondary N) is 1. The first kappa shape index (κ1) is 16.6. The van der Waals surface area contributed by atoms with Gasteiger partial charge in [-0.15, -0.1) is 0 Å². The summed E-state index contributed by atoms with van der Waals surface area (Å²) >= 11 is 0. The Morgan fingerprint density at radius 1 is 1.18 bits per heavy atom. The van der Waals surface area contributed by atoms with Gasteiger partial charge in [0.05, 0.1) is 6.04 Å². The van der Waals surface area contributed by atoms with Gasteiger partial charge >= 0.3 is 0 Å². The maximum atomic E-state index is 12.9. The molecule has 1 heterocycles. The summed E-state index contributed by atoms with van der Waals surface area (Å²) in [5.74, 6) is 1.37. The highest BCUT2D eigenvalue weighted by Gasteiger charge is 2.23. The second-order valence-electron chi connectivity index (χ2n) is 6.79. The van der Waals surface area contributed by atoms with E-state index in [9.17, 15) is 4.39 Å². The van der Waals surface area contributed by atoms with Crippen LogP contribution in [0.1, 0.15) is 63.9 Å². The first-order chi connectivity index (χ1) is 10.3. The van der Waals surface area contributed by atoms with Crippen LogP contribution < -0.4 is 5.32 Å². The summed E-state index contributed by atoms with van der Waals surface area (Å²) in [4.78, 5) is 4.45. The number of halogens is 1. The predicted molar refractivity (Wildman–Crippen MR) is 84.2 cm³/mol. The normalized spacial score (nSPS) is 14.8. The molecule has 0 amide bonds. The molecule has 4 nitrogen and oxygen atoms in total. The Morgan fingerprint density at radius 3 is 2.36 bits per heavy atom. The Hall–Kier alpha value is -1.75. The molecule has 2 atom stereocenters. The molecule has 0 radical (unpaired) electrons. The lowest BCUT2D eigenvalue weighted by atomic mass is 9.96. The second kappa shape index (κ2) is 6.57. The lowest BCUT2D eigenvalue weighted by Crippen LogP contribution is -2.24. The zero-order valence-corrected chi connectivity index (χ0v) is 13.9. The Morgan fingerprint density at radius 2 is 1.82 bits per heavy atom. The average Bonchev–Trinajstić information content (AvgIpc) is 2.95. The van der Waals surface area contributed by atoms with Crippen molar-refractivity contribution in [3.63, 3.8) is 0 Å². The van der Waals surface area contributed by atoms with Gasteiger partial charge in [0.2, 0.25) is 5.89 Å². The van der Waals surface area contributed by atoms with E-state index in [2.05, 4.69) is 43.2 Å². The van der Waals surface area contributed by atoms with E-state index in [-0.39, 0.29) is 23.2 Å². The number of hydrogen-bond acceptors (Lipinski definition) is 4. The molecule has 0 bridgehead atoms. The van der Waals surface area contributed by atoms with Gasteiger partial charge in [-0.3, -0.25) is 0 Å². The fourth-order valence-corrected chi connectivity index (χ4v) is 2.07. The SMILES string of the molecule is CC(CNC(C)c1nc(C(C)(C)C)no1)c1ccc(F)cc1. The van der Waals surface area contributed by atoms with E-state index < -0.39 is 0 Å². The van der Waals surface area contributed by atoms with Crippen LogP contribution in [0.2, 0.25) is 0 Å². The summed E-state index contributed by atoms with van der Waals surface area (Å²) in [5, 5.41) is 7.42. The Bertz CT molecular complexity index is 601. The van der Waals surface area contributed by atoms with Crippen molar-refractivity contribution in [3.05, 3.63) is 47.4 Å². The van der Waals surface area contributed by atoms with Crippen LogP contribution in [0.25, 0.3) is 0 Å². The molecule has 1 aromatic heterocycles. The van der Waals surface area contributed by atoms with Crippen molar-refractivity contribution in [1.82, 2.24) is 15.5 Å². The summed E-state index contributed by atoms with van der Waals surface area (Å²) in [6.45, 7) is 11.0. The summed E-state index contributed by atoms with van der Waals surface area (Å²) < 4.78 is 18.3. The van der Waals surface area contributed by atoms with Crippen LogP contribution in [0, 0.1) is 5.82 Å². The third-order valence-electron chi connectivity index (χ3n) is 3.65. The van der Waals surface area contributed by atoms with E-state index in [0.29, 0.717) is 11.7 Å². The first-order valence-electron chi connectivity index (χ1n) is 7.60.